The SMILES string of the molecule is CN[C@@H](Cc1ccccc1)C(=O)N[C@@H](Cc1ccc(O)cc1)C(=O)N[C@@H](CC(=O)O)C(=O)N[C@H](C(=O)N[C@@H](CSC(=O)OCc1ccccc1)C(N)=O)C(C)(C)C. The number of carboxylic acids is 1. The molecule has 0 aliphatic rings. The van der Waals surface area contributed by atoms with Crippen molar-refractivity contribution in [2.24, 2.45) is 11.1 Å². The molecule has 0 heterocycles. The summed E-state index contributed by atoms with van der Waals surface area (Å²) < 4.78 is 5.21. The number of nitrogens with two attached hydrogens (primary N) is 1. The van der Waals surface area contributed by atoms with E-state index in [0.717, 1.165) is 11.1 Å². The Morgan fingerprint density at radius 3 is 1.70 bits per heavy atom. The normalized spacial score (nSPS) is 13.8. The molecule has 0 saturated heterocycles. The first-order chi connectivity index (χ1) is 27.0. The number of benzene rings is 3. The minimum atomic E-state index is -1.72. The fourth-order valence-electron chi connectivity index (χ4n) is 5.46. The molecule has 0 bridgehead atoms. The van der Waals surface area contributed by atoms with Crippen molar-refractivity contribution in [1.29, 1.82) is 0 Å². The number of thioether (sulfide) groups is 1. The monoisotopic (exact) mass is 806 g/mol. The van der Waals surface area contributed by atoms with Gasteiger partial charge in [0.15, 0.2) is 0 Å². The van der Waals surface area contributed by atoms with Crippen molar-refractivity contribution in [1.82, 2.24) is 26.6 Å². The molecular weight excluding hydrogens is 757 g/mol. The molecule has 9 N–H and O–H groups in total. The number of aliphatic carboxylic acids is 1. The number of carbonyl (C=O) groups excluding carboxylic acids is 6. The lowest BCUT2D eigenvalue weighted by Gasteiger charge is -2.33. The molecule has 0 aliphatic heterocycles. The lowest BCUT2D eigenvalue weighted by atomic mass is 9.85. The molecule has 57 heavy (non-hydrogen) atoms. The second kappa shape index (κ2) is 22.0. The molecular formula is C40H50N6O10S. The van der Waals surface area contributed by atoms with E-state index in [4.69, 9.17) is 10.5 Å². The summed E-state index contributed by atoms with van der Waals surface area (Å²) in [5, 5.41) is 31.8. The zero-order chi connectivity index (χ0) is 42.1. The smallest absolute Gasteiger partial charge is 0.367 e. The van der Waals surface area contributed by atoms with E-state index in [1.807, 2.05) is 36.4 Å². The van der Waals surface area contributed by atoms with Gasteiger partial charge in [-0.05, 0) is 59.5 Å². The third-order valence-corrected chi connectivity index (χ3v) is 9.46. The minimum Gasteiger partial charge on any atom is -0.508 e. The van der Waals surface area contributed by atoms with Crippen LogP contribution >= 0.6 is 11.8 Å². The van der Waals surface area contributed by atoms with Crippen LogP contribution in [0.4, 0.5) is 4.79 Å². The zero-order valence-corrected chi connectivity index (χ0v) is 33.0. The van der Waals surface area contributed by atoms with Crippen molar-refractivity contribution in [3.63, 3.8) is 0 Å². The number of amides is 5. The maximum absolute atomic E-state index is 13.9. The summed E-state index contributed by atoms with van der Waals surface area (Å²) in [6.07, 6.45) is -0.709. The Morgan fingerprint density at radius 2 is 1.16 bits per heavy atom. The average molecular weight is 807 g/mol. The van der Waals surface area contributed by atoms with Gasteiger partial charge in [0.05, 0.1) is 12.5 Å². The predicted octanol–water partition coefficient (Wildman–Crippen LogP) is 1.78. The highest BCUT2D eigenvalue weighted by atomic mass is 32.2. The molecule has 0 saturated carbocycles. The first-order valence-electron chi connectivity index (χ1n) is 18.0. The fraction of sp³-hybridized carbons (Fsp3) is 0.375. The highest BCUT2D eigenvalue weighted by Gasteiger charge is 2.38. The molecule has 17 heteroatoms. The van der Waals surface area contributed by atoms with E-state index in [9.17, 15) is 43.8 Å². The number of ether oxygens (including phenoxy) is 1. The number of likely N-dealkylation sites (N-methyl/N-ethyl adjacent to an activating group) is 1. The lowest BCUT2D eigenvalue weighted by Crippen LogP contribution is -2.62. The van der Waals surface area contributed by atoms with Crippen LogP contribution in [0.3, 0.4) is 0 Å². The molecule has 3 aromatic carbocycles. The number of carboxylic acid groups (broad SMARTS) is 1. The second-order valence-electron chi connectivity index (χ2n) is 14.2. The number of primary amides is 1. The summed E-state index contributed by atoms with van der Waals surface area (Å²) in [7, 11) is 1.59. The van der Waals surface area contributed by atoms with Crippen molar-refractivity contribution in [2.45, 2.75) is 76.8 Å². The first-order valence-corrected chi connectivity index (χ1v) is 19.0. The Morgan fingerprint density at radius 1 is 0.667 bits per heavy atom. The summed E-state index contributed by atoms with van der Waals surface area (Å²) in [5.41, 5.74) is 6.63. The van der Waals surface area contributed by atoms with Crippen LogP contribution < -0.4 is 32.3 Å². The molecule has 0 fully saturated rings. The van der Waals surface area contributed by atoms with E-state index < -0.39 is 82.9 Å². The molecule has 3 aromatic rings. The van der Waals surface area contributed by atoms with Crippen LogP contribution in [0.25, 0.3) is 0 Å². The van der Waals surface area contributed by atoms with Gasteiger partial charge in [-0.2, -0.15) is 0 Å². The number of hydrogen-bond donors (Lipinski definition) is 8. The molecule has 5 amide bonds. The first kappa shape index (κ1) is 45.4. The van der Waals surface area contributed by atoms with Crippen LogP contribution in [0.1, 0.15) is 43.9 Å². The van der Waals surface area contributed by atoms with Crippen LogP contribution in [0, 0.1) is 5.41 Å². The predicted molar refractivity (Wildman–Crippen MR) is 213 cm³/mol. The van der Waals surface area contributed by atoms with Gasteiger partial charge in [0.25, 0.3) is 0 Å². The Hall–Kier alpha value is -5.94. The molecule has 0 unspecified atom stereocenters. The third-order valence-electron chi connectivity index (χ3n) is 8.61. The summed E-state index contributed by atoms with van der Waals surface area (Å²) in [5.74, 6) is -6.08. The molecule has 0 aliphatic carbocycles. The van der Waals surface area contributed by atoms with E-state index in [-0.39, 0.29) is 31.0 Å². The lowest BCUT2D eigenvalue weighted by molar-refractivity contribution is -0.142. The number of phenols is 1. The zero-order valence-electron chi connectivity index (χ0n) is 32.2. The van der Waals surface area contributed by atoms with E-state index in [2.05, 4.69) is 26.6 Å². The van der Waals surface area contributed by atoms with Crippen molar-refractivity contribution >= 4 is 52.6 Å². The molecule has 3 rings (SSSR count). The fourth-order valence-corrected chi connectivity index (χ4v) is 6.15. The molecule has 306 valence electrons. The van der Waals surface area contributed by atoms with Crippen molar-refractivity contribution in [3.05, 3.63) is 102 Å². The Bertz CT molecular complexity index is 1840. The number of rotatable bonds is 20. The maximum Gasteiger partial charge on any atom is 0.367 e. The topological polar surface area (TPSA) is 255 Å². The molecule has 0 spiro atoms. The summed E-state index contributed by atoms with van der Waals surface area (Å²) in [4.78, 5) is 91.4. The number of nitrogens with one attached hydrogen (secondary N) is 5. The molecule has 0 radical (unpaired) electrons. The van der Waals surface area contributed by atoms with Gasteiger partial charge in [-0.25, -0.2) is 4.79 Å². The number of carbonyl (C=O) groups is 7. The van der Waals surface area contributed by atoms with Crippen molar-refractivity contribution < 1.29 is 48.5 Å². The van der Waals surface area contributed by atoms with Crippen molar-refractivity contribution in [3.8, 4) is 5.75 Å². The average Bonchev–Trinajstić information content (AvgIpc) is 3.16. The second-order valence-corrected chi connectivity index (χ2v) is 15.2. The Kier molecular flexibility index (Phi) is 17.5. The van der Waals surface area contributed by atoms with E-state index >= 15 is 0 Å². The van der Waals surface area contributed by atoms with Gasteiger partial charge in [-0.15, -0.1) is 0 Å². The minimum absolute atomic E-state index is 0.0128. The van der Waals surface area contributed by atoms with Gasteiger partial charge in [-0.1, -0.05) is 93.6 Å². The van der Waals surface area contributed by atoms with Gasteiger partial charge >= 0.3 is 11.3 Å². The maximum atomic E-state index is 13.9. The van der Waals surface area contributed by atoms with Gasteiger partial charge < -0.3 is 47.3 Å². The van der Waals surface area contributed by atoms with Crippen LogP contribution in [-0.4, -0.2) is 94.0 Å². The molecule has 5 atom stereocenters. The van der Waals surface area contributed by atoms with Gasteiger partial charge in [0, 0.05) is 12.2 Å². The van der Waals surface area contributed by atoms with Crippen LogP contribution in [-0.2, 0) is 53.0 Å². The number of aromatic hydroxyl groups is 1. The van der Waals surface area contributed by atoms with Crippen LogP contribution in [0.2, 0.25) is 0 Å². The summed E-state index contributed by atoms with van der Waals surface area (Å²) in [6.45, 7) is 4.80. The van der Waals surface area contributed by atoms with Gasteiger partial charge in [0.1, 0.15) is 36.5 Å². The van der Waals surface area contributed by atoms with Crippen LogP contribution in [0.15, 0.2) is 84.9 Å². The molecule has 16 nitrogen and oxygen atoms in total. The van der Waals surface area contributed by atoms with E-state index in [1.54, 1.807) is 64.2 Å². The Balaban J connectivity index is 1.76. The third kappa shape index (κ3) is 15.6. The summed E-state index contributed by atoms with van der Waals surface area (Å²) in [6, 6.07) is 17.4. The number of hydrogen-bond acceptors (Lipinski definition) is 11. The van der Waals surface area contributed by atoms with Crippen molar-refractivity contribution in [2.75, 3.05) is 12.8 Å². The highest BCUT2D eigenvalue weighted by Crippen LogP contribution is 2.21. The Labute approximate surface area is 335 Å². The highest BCUT2D eigenvalue weighted by molar-refractivity contribution is 8.13. The standard InChI is InChI=1S/C40H50N6O10S/c1-40(2,3)33(38(54)45-31(34(41)50)23-57-39(55)56-22-26-13-9-6-10-14-26)46-37(53)30(21-32(48)49)44-36(52)29(20-25-15-17-27(47)18-16-25)43-35(51)28(42-4)19-24-11-7-5-8-12-24/h5-18,28-31,33,42,47H,19-23H2,1-4H3,(H2,41,50)(H,43,51)(H,44,52)(H,45,54)(H,46,53)(H,48,49)/t28-,29-,30-,31-,33+/m0/s1. The molecule has 0 aromatic heterocycles. The van der Waals surface area contributed by atoms with Gasteiger partial charge in [-0.3, -0.25) is 28.8 Å². The number of phenolic OH excluding ortho intramolecular Hbond substituents is 1. The van der Waals surface area contributed by atoms with E-state index in [0.29, 0.717) is 17.3 Å². The quantitative estimate of drug-likeness (QED) is 0.0761. The largest absolute Gasteiger partial charge is 0.508 e. The van der Waals surface area contributed by atoms with Gasteiger partial charge in [0.2, 0.25) is 29.5 Å². The summed E-state index contributed by atoms with van der Waals surface area (Å²) >= 11 is 0.614. The van der Waals surface area contributed by atoms with Crippen LogP contribution in [0.5, 0.6) is 5.75 Å². The van der Waals surface area contributed by atoms with E-state index in [1.165, 1.54) is 12.1 Å².